The van der Waals surface area contributed by atoms with Gasteiger partial charge in [0.05, 0.1) is 18.8 Å². The van der Waals surface area contributed by atoms with Gasteiger partial charge in [0.15, 0.2) is 0 Å². The van der Waals surface area contributed by atoms with Crippen LogP contribution in [-0.4, -0.2) is 25.2 Å². The van der Waals surface area contributed by atoms with Gasteiger partial charge in [0.25, 0.3) is 0 Å². The van der Waals surface area contributed by atoms with Crippen LogP contribution in [0.25, 0.3) is 5.57 Å². The maximum absolute atomic E-state index is 12.5. The lowest BCUT2D eigenvalue weighted by molar-refractivity contribution is -0.147. The summed E-state index contributed by atoms with van der Waals surface area (Å²) in [6.07, 6.45) is 2.74. The molecule has 1 aliphatic carbocycles. The second-order valence-electron chi connectivity index (χ2n) is 5.49. The van der Waals surface area contributed by atoms with Gasteiger partial charge < -0.3 is 9.47 Å². The molecule has 0 spiro atoms. The largest absolute Gasteiger partial charge is 0.465 e. The first-order valence-electron chi connectivity index (χ1n) is 8.31. The summed E-state index contributed by atoms with van der Waals surface area (Å²) in [5, 5.41) is 0. The third-order valence-electron chi connectivity index (χ3n) is 4.01. The number of carbonyl (C=O) groups is 2. The Kier molecular flexibility index (Phi) is 5.97. The number of benzene rings is 1. The summed E-state index contributed by atoms with van der Waals surface area (Å²) in [5.41, 5.74) is 3.21. The van der Waals surface area contributed by atoms with Crippen LogP contribution in [-0.2, 0) is 19.1 Å². The molecule has 0 radical (unpaired) electrons. The van der Waals surface area contributed by atoms with E-state index >= 15 is 0 Å². The minimum Gasteiger partial charge on any atom is -0.465 e. The fourth-order valence-electron chi connectivity index (χ4n) is 3.04. The van der Waals surface area contributed by atoms with Gasteiger partial charge in [-0.15, -0.1) is 0 Å². The van der Waals surface area contributed by atoms with Gasteiger partial charge in [-0.3, -0.25) is 4.79 Å². The van der Waals surface area contributed by atoms with Gasteiger partial charge >= 0.3 is 11.9 Å². The molecule has 124 valence electrons. The van der Waals surface area contributed by atoms with Gasteiger partial charge in [-0.1, -0.05) is 37.6 Å². The highest BCUT2D eigenvalue weighted by molar-refractivity contribution is 6.09. The molecule has 1 unspecified atom stereocenters. The molecule has 0 amide bonds. The lowest BCUT2D eigenvalue weighted by atomic mass is 9.95. The van der Waals surface area contributed by atoms with Crippen LogP contribution in [0.15, 0.2) is 29.8 Å². The third kappa shape index (κ3) is 3.46. The van der Waals surface area contributed by atoms with Gasteiger partial charge in [0.2, 0.25) is 0 Å². The topological polar surface area (TPSA) is 52.6 Å². The summed E-state index contributed by atoms with van der Waals surface area (Å²) >= 11 is 0. The zero-order valence-corrected chi connectivity index (χ0v) is 14.1. The normalized spacial score (nSPS) is 16.2. The number of fused-ring (bicyclic) bond motifs is 1. The van der Waals surface area contributed by atoms with Gasteiger partial charge in [0, 0.05) is 0 Å². The van der Waals surface area contributed by atoms with Crippen LogP contribution in [0.4, 0.5) is 0 Å². The molecule has 4 heteroatoms. The molecule has 23 heavy (non-hydrogen) atoms. The minimum atomic E-state index is -0.669. The second kappa shape index (κ2) is 7.95. The molecule has 0 bridgehead atoms. The van der Waals surface area contributed by atoms with Crippen molar-refractivity contribution < 1.29 is 19.1 Å². The zero-order valence-electron chi connectivity index (χ0n) is 14.1. The Labute approximate surface area is 137 Å². The summed E-state index contributed by atoms with van der Waals surface area (Å²) in [4.78, 5) is 25.0. The number of hydrogen-bond acceptors (Lipinski definition) is 4. The summed E-state index contributed by atoms with van der Waals surface area (Å²) in [5.74, 6) is -1.46. The van der Waals surface area contributed by atoms with E-state index in [0.29, 0.717) is 5.57 Å². The molecule has 1 aliphatic rings. The molecule has 0 fully saturated rings. The Morgan fingerprint density at radius 2 is 1.74 bits per heavy atom. The fraction of sp³-hybridized carbons (Fsp3) is 0.474. The zero-order chi connectivity index (χ0) is 16.8. The van der Waals surface area contributed by atoms with Crippen molar-refractivity contribution in [3.63, 3.8) is 0 Å². The molecule has 0 aromatic heterocycles. The van der Waals surface area contributed by atoms with Crippen LogP contribution >= 0.6 is 0 Å². The molecule has 0 saturated carbocycles. The van der Waals surface area contributed by atoms with Crippen LogP contribution in [0.3, 0.4) is 0 Å². The molecule has 2 rings (SSSR count). The van der Waals surface area contributed by atoms with Crippen molar-refractivity contribution in [2.24, 2.45) is 0 Å². The number of rotatable bonds is 7. The average molecular weight is 316 g/mol. The van der Waals surface area contributed by atoms with Crippen molar-refractivity contribution in [3.05, 3.63) is 41.0 Å². The SMILES string of the molecule is CCCCC1=C(C(=O)OCC)C(C(=O)OCC)c2ccccc21. The van der Waals surface area contributed by atoms with Crippen LogP contribution < -0.4 is 0 Å². The molecule has 0 aliphatic heterocycles. The molecule has 1 atom stereocenters. The maximum atomic E-state index is 12.5. The Balaban J connectivity index is 2.54. The first-order valence-corrected chi connectivity index (χ1v) is 8.31. The summed E-state index contributed by atoms with van der Waals surface area (Å²) in [7, 11) is 0. The highest BCUT2D eigenvalue weighted by atomic mass is 16.5. The van der Waals surface area contributed by atoms with Gasteiger partial charge in [-0.2, -0.15) is 0 Å². The van der Waals surface area contributed by atoms with E-state index in [4.69, 9.17) is 9.47 Å². The number of ether oxygens (including phenoxy) is 2. The number of esters is 2. The van der Waals surface area contributed by atoms with E-state index in [1.807, 2.05) is 24.3 Å². The Hall–Kier alpha value is -2.10. The van der Waals surface area contributed by atoms with Crippen molar-refractivity contribution in [1.82, 2.24) is 0 Å². The van der Waals surface area contributed by atoms with Crippen LogP contribution in [0, 0.1) is 0 Å². The lowest BCUT2D eigenvalue weighted by Crippen LogP contribution is -2.22. The van der Waals surface area contributed by atoms with E-state index in [-0.39, 0.29) is 19.2 Å². The standard InChI is InChI=1S/C19H24O4/c1-4-7-10-14-13-11-8-9-12-15(13)17(19(21)23-6-3)16(14)18(20)22-5-2/h8-9,11-12,17H,4-7,10H2,1-3H3. The predicted octanol–water partition coefficient (Wildman–Crippen LogP) is 3.85. The third-order valence-corrected chi connectivity index (χ3v) is 4.01. The molecular weight excluding hydrogens is 292 g/mol. The van der Waals surface area contributed by atoms with Crippen molar-refractivity contribution in [3.8, 4) is 0 Å². The first-order chi connectivity index (χ1) is 11.2. The molecule has 4 nitrogen and oxygen atoms in total. The molecule has 1 aromatic carbocycles. The summed E-state index contributed by atoms with van der Waals surface area (Å²) in [6.45, 7) is 6.22. The number of carbonyl (C=O) groups excluding carboxylic acids is 2. The highest BCUT2D eigenvalue weighted by Crippen LogP contribution is 2.45. The number of unbranched alkanes of at least 4 members (excludes halogenated alkanes) is 1. The van der Waals surface area contributed by atoms with Crippen LogP contribution in [0.2, 0.25) is 0 Å². The summed E-state index contributed by atoms with van der Waals surface area (Å²) < 4.78 is 10.4. The van der Waals surface area contributed by atoms with E-state index in [1.54, 1.807) is 13.8 Å². The van der Waals surface area contributed by atoms with Gasteiger partial charge in [-0.05, 0) is 43.4 Å². The molecule has 0 saturated heterocycles. The highest BCUT2D eigenvalue weighted by Gasteiger charge is 2.40. The second-order valence-corrected chi connectivity index (χ2v) is 5.49. The number of allylic oxidation sites excluding steroid dienone is 1. The molecule has 1 aromatic rings. The maximum Gasteiger partial charge on any atom is 0.335 e. The predicted molar refractivity (Wildman–Crippen MR) is 88.9 cm³/mol. The minimum absolute atomic E-state index is 0.287. The van der Waals surface area contributed by atoms with E-state index in [0.717, 1.165) is 36.0 Å². The lowest BCUT2D eigenvalue weighted by Gasteiger charge is -2.14. The molecular formula is C19H24O4. The summed E-state index contributed by atoms with van der Waals surface area (Å²) in [6, 6.07) is 7.69. The van der Waals surface area contributed by atoms with Gasteiger partial charge in [-0.25, -0.2) is 4.79 Å². The van der Waals surface area contributed by atoms with Crippen molar-refractivity contribution in [2.45, 2.75) is 46.0 Å². The first kappa shape index (κ1) is 17.3. The smallest absolute Gasteiger partial charge is 0.335 e. The van der Waals surface area contributed by atoms with Crippen molar-refractivity contribution in [2.75, 3.05) is 13.2 Å². The Morgan fingerprint density at radius 1 is 1.04 bits per heavy atom. The molecule has 0 N–H and O–H groups in total. The van der Waals surface area contributed by atoms with E-state index in [9.17, 15) is 9.59 Å². The average Bonchev–Trinajstić information content (AvgIpc) is 2.88. The Morgan fingerprint density at radius 3 is 2.39 bits per heavy atom. The quantitative estimate of drug-likeness (QED) is 0.717. The van der Waals surface area contributed by atoms with E-state index in [1.165, 1.54) is 0 Å². The Bertz CT molecular complexity index is 616. The van der Waals surface area contributed by atoms with Crippen LogP contribution in [0.5, 0.6) is 0 Å². The molecule has 0 heterocycles. The van der Waals surface area contributed by atoms with Gasteiger partial charge in [0.1, 0.15) is 5.92 Å². The van der Waals surface area contributed by atoms with Crippen molar-refractivity contribution in [1.29, 1.82) is 0 Å². The van der Waals surface area contributed by atoms with E-state index < -0.39 is 11.9 Å². The van der Waals surface area contributed by atoms with E-state index in [2.05, 4.69) is 6.92 Å². The fourth-order valence-corrected chi connectivity index (χ4v) is 3.04. The van der Waals surface area contributed by atoms with Crippen LogP contribution in [0.1, 0.15) is 57.1 Å². The number of hydrogen-bond donors (Lipinski definition) is 0. The van der Waals surface area contributed by atoms with Crippen molar-refractivity contribution >= 4 is 17.5 Å². The monoisotopic (exact) mass is 316 g/mol.